The number of amides is 1. The lowest BCUT2D eigenvalue weighted by atomic mass is 10.2. The summed E-state index contributed by atoms with van der Waals surface area (Å²) >= 11 is 1.69. The summed E-state index contributed by atoms with van der Waals surface area (Å²) in [7, 11) is 0. The Labute approximate surface area is 128 Å². The van der Waals surface area contributed by atoms with E-state index in [1.807, 2.05) is 35.4 Å². The van der Waals surface area contributed by atoms with E-state index in [1.165, 1.54) is 4.88 Å². The third-order valence-electron chi connectivity index (χ3n) is 3.52. The summed E-state index contributed by atoms with van der Waals surface area (Å²) < 4.78 is 0. The average Bonchev–Trinajstić information content (AvgIpc) is 3.22. The van der Waals surface area contributed by atoms with Crippen molar-refractivity contribution in [3.63, 3.8) is 0 Å². The molecular weight excluding hydrogens is 282 g/mol. The molecule has 1 aliphatic carbocycles. The van der Waals surface area contributed by atoms with Gasteiger partial charge in [0.25, 0.3) is 5.91 Å². The fourth-order valence-electron chi connectivity index (χ4n) is 2.30. The minimum absolute atomic E-state index is 0.0361. The number of aromatic nitrogens is 1. The summed E-state index contributed by atoms with van der Waals surface area (Å²) in [6, 6.07) is 8.22. The van der Waals surface area contributed by atoms with E-state index >= 15 is 0 Å². The largest absolute Gasteiger partial charge is 0.384 e. The molecule has 1 N–H and O–H groups in total. The lowest BCUT2D eigenvalue weighted by Gasteiger charge is -2.21. The molecule has 0 radical (unpaired) electrons. The van der Waals surface area contributed by atoms with Gasteiger partial charge in [-0.15, -0.1) is 11.3 Å². The third kappa shape index (κ3) is 3.42. The van der Waals surface area contributed by atoms with Crippen LogP contribution >= 0.6 is 11.3 Å². The van der Waals surface area contributed by atoms with Gasteiger partial charge in [0.05, 0.1) is 18.4 Å². The van der Waals surface area contributed by atoms with Crippen LogP contribution in [-0.4, -0.2) is 28.4 Å². The van der Waals surface area contributed by atoms with Crippen molar-refractivity contribution in [3.8, 4) is 0 Å². The van der Waals surface area contributed by atoms with Gasteiger partial charge in [-0.05, 0) is 43.3 Å². The molecular formula is C16H19N3OS. The number of hydrogen-bond donors (Lipinski definition) is 1. The molecule has 110 valence electrons. The number of pyridine rings is 1. The van der Waals surface area contributed by atoms with Crippen LogP contribution in [0.5, 0.6) is 0 Å². The van der Waals surface area contributed by atoms with Gasteiger partial charge >= 0.3 is 0 Å². The molecule has 21 heavy (non-hydrogen) atoms. The minimum Gasteiger partial charge on any atom is -0.384 e. The van der Waals surface area contributed by atoms with Crippen molar-refractivity contribution in [2.75, 3.05) is 11.9 Å². The second-order valence-electron chi connectivity index (χ2n) is 5.21. The number of carbonyl (C=O) groups excluding carboxylic acids is 1. The second kappa shape index (κ2) is 6.26. The van der Waals surface area contributed by atoms with Crippen molar-refractivity contribution in [2.45, 2.75) is 32.4 Å². The molecule has 1 saturated carbocycles. The molecule has 1 amide bonds. The van der Waals surface area contributed by atoms with Crippen molar-refractivity contribution in [1.29, 1.82) is 0 Å². The van der Waals surface area contributed by atoms with E-state index in [4.69, 9.17) is 0 Å². The van der Waals surface area contributed by atoms with Gasteiger partial charge in [0.1, 0.15) is 5.69 Å². The number of nitrogens with one attached hydrogen (secondary N) is 1. The first-order valence-corrected chi connectivity index (χ1v) is 8.19. The maximum absolute atomic E-state index is 12.7. The number of carbonyl (C=O) groups is 1. The van der Waals surface area contributed by atoms with E-state index in [2.05, 4.69) is 16.4 Å². The average molecular weight is 301 g/mol. The van der Waals surface area contributed by atoms with Crippen LogP contribution in [0.1, 0.15) is 35.1 Å². The van der Waals surface area contributed by atoms with Crippen molar-refractivity contribution in [3.05, 3.63) is 46.4 Å². The first kappa shape index (κ1) is 14.1. The highest BCUT2D eigenvalue weighted by Crippen LogP contribution is 2.30. The van der Waals surface area contributed by atoms with E-state index in [1.54, 1.807) is 17.5 Å². The summed E-state index contributed by atoms with van der Waals surface area (Å²) in [6.45, 7) is 3.58. The summed E-state index contributed by atoms with van der Waals surface area (Å²) in [5.74, 6) is 0.0361. The van der Waals surface area contributed by atoms with Crippen LogP contribution in [0.2, 0.25) is 0 Å². The van der Waals surface area contributed by atoms with E-state index in [0.29, 0.717) is 18.3 Å². The first-order chi connectivity index (χ1) is 10.3. The molecule has 0 unspecified atom stereocenters. The van der Waals surface area contributed by atoms with Crippen LogP contribution < -0.4 is 5.32 Å². The highest BCUT2D eigenvalue weighted by molar-refractivity contribution is 7.09. The predicted molar refractivity (Wildman–Crippen MR) is 85.6 cm³/mol. The molecule has 5 heteroatoms. The van der Waals surface area contributed by atoms with E-state index in [0.717, 1.165) is 25.1 Å². The Bertz CT molecular complexity index is 590. The van der Waals surface area contributed by atoms with Crippen molar-refractivity contribution < 1.29 is 4.79 Å². The Balaban J connectivity index is 1.74. The number of hydrogen-bond acceptors (Lipinski definition) is 4. The van der Waals surface area contributed by atoms with Crippen LogP contribution in [0.15, 0.2) is 35.8 Å². The van der Waals surface area contributed by atoms with Gasteiger partial charge in [0.2, 0.25) is 0 Å². The molecule has 1 fully saturated rings. The molecule has 2 aromatic rings. The normalized spacial score (nSPS) is 14.0. The molecule has 2 heterocycles. The van der Waals surface area contributed by atoms with Gasteiger partial charge in [-0.1, -0.05) is 6.07 Å². The van der Waals surface area contributed by atoms with Gasteiger partial charge in [0.15, 0.2) is 0 Å². The molecule has 0 spiro atoms. The van der Waals surface area contributed by atoms with E-state index in [-0.39, 0.29) is 5.91 Å². The molecule has 0 aromatic carbocycles. The lowest BCUT2D eigenvalue weighted by molar-refractivity contribution is 0.0726. The Morgan fingerprint density at radius 3 is 2.86 bits per heavy atom. The van der Waals surface area contributed by atoms with Crippen molar-refractivity contribution in [1.82, 2.24) is 9.88 Å². The number of rotatable bonds is 6. The zero-order valence-electron chi connectivity index (χ0n) is 12.1. The monoisotopic (exact) mass is 301 g/mol. The number of thiophene rings is 1. The smallest absolute Gasteiger partial charge is 0.273 e. The highest BCUT2D eigenvalue weighted by Gasteiger charge is 2.33. The summed E-state index contributed by atoms with van der Waals surface area (Å²) in [6.07, 6.45) is 3.94. The molecule has 4 nitrogen and oxygen atoms in total. The van der Waals surface area contributed by atoms with Gasteiger partial charge < -0.3 is 10.2 Å². The first-order valence-electron chi connectivity index (χ1n) is 7.31. The summed E-state index contributed by atoms with van der Waals surface area (Å²) in [4.78, 5) is 20.2. The van der Waals surface area contributed by atoms with E-state index < -0.39 is 0 Å². The van der Waals surface area contributed by atoms with Crippen LogP contribution in [0, 0.1) is 0 Å². The Kier molecular flexibility index (Phi) is 4.20. The predicted octanol–water partition coefficient (Wildman–Crippen LogP) is 3.38. The number of anilines is 1. The third-order valence-corrected chi connectivity index (χ3v) is 4.38. The zero-order valence-corrected chi connectivity index (χ0v) is 12.9. The van der Waals surface area contributed by atoms with Gasteiger partial charge in [-0.25, -0.2) is 4.98 Å². The summed E-state index contributed by atoms with van der Waals surface area (Å²) in [5, 5.41) is 5.24. The lowest BCUT2D eigenvalue weighted by Crippen LogP contribution is -2.32. The fraction of sp³-hybridized carbons (Fsp3) is 0.375. The highest BCUT2D eigenvalue weighted by atomic mass is 32.1. The van der Waals surface area contributed by atoms with Gasteiger partial charge in [-0.3, -0.25) is 4.79 Å². The van der Waals surface area contributed by atoms with Crippen LogP contribution in [-0.2, 0) is 6.54 Å². The van der Waals surface area contributed by atoms with Crippen molar-refractivity contribution >= 4 is 22.9 Å². The maximum Gasteiger partial charge on any atom is 0.273 e. The Morgan fingerprint density at radius 2 is 2.29 bits per heavy atom. The Morgan fingerprint density at radius 1 is 1.43 bits per heavy atom. The molecule has 0 aliphatic heterocycles. The molecule has 0 saturated heterocycles. The van der Waals surface area contributed by atoms with Crippen LogP contribution in [0.25, 0.3) is 0 Å². The quantitative estimate of drug-likeness (QED) is 0.889. The standard InChI is InChI=1S/C16H19N3OS/c1-2-17-12-5-8-15(18-10-12)16(20)19(13-6-7-13)11-14-4-3-9-21-14/h3-5,8-10,13,17H,2,6-7,11H2,1H3. The van der Waals surface area contributed by atoms with Gasteiger partial charge in [0, 0.05) is 17.5 Å². The summed E-state index contributed by atoms with van der Waals surface area (Å²) in [5.41, 5.74) is 1.48. The minimum atomic E-state index is 0.0361. The van der Waals surface area contributed by atoms with E-state index in [9.17, 15) is 4.79 Å². The molecule has 2 aromatic heterocycles. The van der Waals surface area contributed by atoms with Crippen LogP contribution in [0.4, 0.5) is 5.69 Å². The zero-order chi connectivity index (χ0) is 14.7. The SMILES string of the molecule is CCNc1ccc(C(=O)N(Cc2cccs2)C2CC2)nc1. The molecule has 3 rings (SSSR count). The maximum atomic E-state index is 12.7. The molecule has 1 aliphatic rings. The Hall–Kier alpha value is -1.88. The fourth-order valence-corrected chi connectivity index (χ4v) is 3.00. The van der Waals surface area contributed by atoms with Gasteiger partial charge in [-0.2, -0.15) is 0 Å². The topological polar surface area (TPSA) is 45.2 Å². The number of nitrogens with zero attached hydrogens (tertiary/aromatic N) is 2. The second-order valence-corrected chi connectivity index (χ2v) is 6.24. The van der Waals surface area contributed by atoms with Crippen LogP contribution in [0.3, 0.4) is 0 Å². The molecule has 0 atom stereocenters. The molecule has 0 bridgehead atoms. The van der Waals surface area contributed by atoms with Crippen molar-refractivity contribution in [2.24, 2.45) is 0 Å².